The van der Waals surface area contributed by atoms with E-state index >= 15 is 0 Å². The Kier molecular flexibility index (Phi) is 5.21. The van der Waals surface area contributed by atoms with Gasteiger partial charge in [0, 0.05) is 36.6 Å². The van der Waals surface area contributed by atoms with Gasteiger partial charge in [0.15, 0.2) is 5.82 Å². The highest BCUT2D eigenvalue weighted by atomic mass is 19.1. The Morgan fingerprint density at radius 1 is 1.33 bits per heavy atom. The van der Waals surface area contributed by atoms with Crippen LogP contribution in [-0.4, -0.2) is 33.4 Å². The molecule has 0 aliphatic carbocycles. The third-order valence-corrected chi connectivity index (χ3v) is 3.18. The molecule has 6 nitrogen and oxygen atoms in total. The monoisotopic (exact) mass is 293 g/mol. The maximum Gasteiger partial charge on any atom is 0.182 e. The summed E-state index contributed by atoms with van der Waals surface area (Å²) in [6.45, 7) is 5.72. The molecule has 2 aromatic rings. The summed E-state index contributed by atoms with van der Waals surface area (Å²) < 4.78 is 20.8. The molecule has 0 aliphatic rings. The first-order chi connectivity index (χ1) is 10.1. The van der Waals surface area contributed by atoms with Gasteiger partial charge in [-0.2, -0.15) is 0 Å². The predicted octanol–water partition coefficient (Wildman–Crippen LogP) is 2.19. The Morgan fingerprint density at radius 3 is 2.86 bits per heavy atom. The third-order valence-electron chi connectivity index (χ3n) is 3.18. The molecular formula is C14H20FN5O. The van der Waals surface area contributed by atoms with Gasteiger partial charge in [-0.1, -0.05) is 6.92 Å². The summed E-state index contributed by atoms with van der Waals surface area (Å²) in [7, 11) is 0. The van der Waals surface area contributed by atoms with E-state index in [0.29, 0.717) is 35.8 Å². The normalized spacial score (nSPS) is 11.0. The van der Waals surface area contributed by atoms with Crippen molar-refractivity contribution in [2.75, 3.05) is 18.9 Å². The number of nitrogens with two attached hydrogens (primary N) is 1. The van der Waals surface area contributed by atoms with Crippen LogP contribution in [0, 0.1) is 12.7 Å². The zero-order chi connectivity index (χ0) is 15.2. The van der Waals surface area contributed by atoms with Gasteiger partial charge < -0.3 is 10.5 Å². The second-order valence-electron chi connectivity index (χ2n) is 4.86. The summed E-state index contributed by atoms with van der Waals surface area (Å²) in [5.41, 5.74) is 7.20. The first-order valence-corrected chi connectivity index (χ1v) is 7.03. The van der Waals surface area contributed by atoms with E-state index in [1.165, 1.54) is 6.07 Å². The number of tetrazole rings is 1. The summed E-state index contributed by atoms with van der Waals surface area (Å²) >= 11 is 0. The average molecular weight is 293 g/mol. The first-order valence-electron chi connectivity index (χ1n) is 7.03. The quantitative estimate of drug-likeness (QED) is 0.625. The number of nitrogens with zero attached hydrogens (tertiary/aromatic N) is 4. The molecule has 0 amide bonds. The Morgan fingerprint density at radius 2 is 2.14 bits per heavy atom. The maximum absolute atomic E-state index is 13.8. The molecule has 2 rings (SSSR count). The van der Waals surface area contributed by atoms with Crippen molar-refractivity contribution in [3.63, 3.8) is 0 Å². The molecule has 0 fully saturated rings. The number of anilines is 1. The lowest BCUT2D eigenvalue weighted by molar-refractivity contribution is 0.128. The molecule has 0 atom stereocenters. The molecule has 0 saturated carbocycles. The van der Waals surface area contributed by atoms with Crippen molar-refractivity contribution in [1.82, 2.24) is 20.2 Å². The molecular weight excluding hydrogens is 273 g/mol. The molecule has 0 spiro atoms. The third kappa shape index (κ3) is 3.75. The van der Waals surface area contributed by atoms with E-state index < -0.39 is 0 Å². The molecule has 114 valence electrons. The second kappa shape index (κ2) is 7.12. The number of benzene rings is 1. The molecule has 0 bridgehead atoms. The topological polar surface area (TPSA) is 78.8 Å². The van der Waals surface area contributed by atoms with Gasteiger partial charge in [-0.05, 0) is 42.3 Å². The molecule has 1 aromatic carbocycles. The van der Waals surface area contributed by atoms with Gasteiger partial charge in [0.2, 0.25) is 0 Å². The lowest BCUT2D eigenvalue weighted by Gasteiger charge is -2.08. The minimum absolute atomic E-state index is 0.356. The molecule has 0 radical (unpaired) electrons. The van der Waals surface area contributed by atoms with Crippen molar-refractivity contribution in [3.05, 3.63) is 23.5 Å². The smallest absolute Gasteiger partial charge is 0.182 e. The van der Waals surface area contributed by atoms with Crippen LogP contribution >= 0.6 is 0 Å². The largest absolute Gasteiger partial charge is 0.398 e. The minimum atomic E-state index is -0.356. The SMILES string of the molecule is CCCOCCCn1nnnc1-c1cc(N)c(C)c(F)c1. The molecule has 0 aliphatic heterocycles. The van der Waals surface area contributed by atoms with Gasteiger partial charge in [0.05, 0.1) is 0 Å². The number of hydrogen-bond acceptors (Lipinski definition) is 5. The van der Waals surface area contributed by atoms with Crippen LogP contribution in [0.1, 0.15) is 25.3 Å². The van der Waals surface area contributed by atoms with E-state index in [0.717, 1.165) is 19.4 Å². The molecule has 21 heavy (non-hydrogen) atoms. The first kappa shape index (κ1) is 15.4. The molecule has 1 heterocycles. The number of nitrogen functional groups attached to an aromatic ring is 1. The zero-order valence-corrected chi connectivity index (χ0v) is 12.3. The number of halogens is 1. The Hall–Kier alpha value is -2.02. The number of rotatable bonds is 7. The van der Waals surface area contributed by atoms with Gasteiger partial charge in [0.1, 0.15) is 5.82 Å². The van der Waals surface area contributed by atoms with Gasteiger partial charge in [0.25, 0.3) is 0 Å². The maximum atomic E-state index is 13.8. The number of aromatic nitrogens is 4. The minimum Gasteiger partial charge on any atom is -0.398 e. The van der Waals surface area contributed by atoms with E-state index in [-0.39, 0.29) is 5.82 Å². The van der Waals surface area contributed by atoms with E-state index in [4.69, 9.17) is 10.5 Å². The fourth-order valence-electron chi connectivity index (χ4n) is 1.95. The molecule has 0 saturated heterocycles. The summed E-state index contributed by atoms with van der Waals surface area (Å²) in [5.74, 6) is 0.155. The Bertz CT molecular complexity index is 576. The fraction of sp³-hybridized carbons (Fsp3) is 0.500. The lowest BCUT2D eigenvalue weighted by Crippen LogP contribution is -2.07. The van der Waals surface area contributed by atoms with Gasteiger partial charge in [-0.15, -0.1) is 5.10 Å². The van der Waals surface area contributed by atoms with Crippen LogP contribution in [0.25, 0.3) is 11.4 Å². The summed E-state index contributed by atoms with van der Waals surface area (Å²) in [6, 6.07) is 3.09. The lowest BCUT2D eigenvalue weighted by atomic mass is 10.1. The number of aryl methyl sites for hydroxylation is 1. The van der Waals surface area contributed by atoms with E-state index in [1.807, 2.05) is 0 Å². The summed E-state index contributed by atoms with van der Waals surface area (Å²) in [5, 5.41) is 11.5. The average Bonchev–Trinajstić information content (AvgIpc) is 2.92. The molecule has 7 heteroatoms. The van der Waals surface area contributed by atoms with Crippen LogP contribution in [-0.2, 0) is 11.3 Å². The molecule has 1 aromatic heterocycles. The van der Waals surface area contributed by atoms with Crippen molar-refractivity contribution in [1.29, 1.82) is 0 Å². The number of hydrogen-bond donors (Lipinski definition) is 1. The molecule has 2 N–H and O–H groups in total. The van der Waals surface area contributed by atoms with Crippen molar-refractivity contribution < 1.29 is 9.13 Å². The number of ether oxygens (including phenoxy) is 1. The highest BCUT2D eigenvalue weighted by Gasteiger charge is 2.12. The van der Waals surface area contributed by atoms with E-state index in [1.54, 1.807) is 17.7 Å². The van der Waals surface area contributed by atoms with Crippen LogP contribution < -0.4 is 5.73 Å². The van der Waals surface area contributed by atoms with E-state index in [9.17, 15) is 4.39 Å². The van der Waals surface area contributed by atoms with Gasteiger partial charge in [-0.3, -0.25) is 0 Å². The Balaban J connectivity index is 2.09. The van der Waals surface area contributed by atoms with Gasteiger partial charge in [-0.25, -0.2) is 9.07 Å². The zero-order valence-electron chi connectivity index (χ0n) is 12.3. The van der Waals surface area contributed by atoms with Crippen LogP contribution in [0.3, 0.4) is 0 Å². The van der Waals surface area contributed by atoms with E-state index in [2.05, 4.69) is 22.4 Å². The molecule has 0 unspecified atom stereocenters. The van der Waals surface area contributed by atoms with Crippen LogP contribution in [0.4, 0.5) is 10.1 Å². The highest BCUT2D eigenvalue weighted by Crippen LogP contribution is 2.24. The second-order valence-corrected chi connectivity index (χ2v) is 4.86. The highest BCUT2D eigenvalue weighted by molar-refractivity contribution is 5.63. The summed E-state index contributed by atoms with van der Waals surface area (Å²) in [6.07, 6.45) is 1.79. The van der Waals surface area contributed by atoms with Crippen LogP contribution in [0.5, 0.6) is 0 Å². The Labute approximate surface area is 123 Å². The summed E-state index contributed by atoms with van der Waals surface area (Å²) in [4.78, 5) is 0. The van der Waals surface area contributed by atoms with Crippen molar-refractivity contribution in [2.24, 2.45) is 0 Å². The fourth-order valence-corrected chi connectivity index (χ4v) is 1.95. The van der Waals surface area contributed by atoms with Crippen LogP contribution in [0.2, 0.25) is 0 Å². The predicted molar refractivity (Wildman–Crippen MR) is 78.1 cm³/mol. The van der Waals surface area contributed by atoms with Crippen molar-refractivity contribution >= 4 is 5.69 Å². The van der Waals surface area contributed by atoms with Crippen molar-refractivity contribution in [3.8, 4) is 11.4 Å². The standard InChI is InChI=1S/C14H20FN5O/c1-3-6-21-7-4-5-20-14(17-18-19-20)11-8-12(15)10(2)13(16)9-11/h8-9H,3-7,16H2,1-2H3. The van der Waals surface area contributed by atoms with Crippen LogP contribution in [0.15, 0.2) is 12.1 Å². The van der Waals surface area contributed by atoms with Gasteiger partial charge >= 0.3 is 0 Å². The van der Waals surface area contributed by atoms with Crippen molar-refractivity contribution in [2.45, 2.75) is 33.2 Å².